The number of carboxylic acid groups (broad SMARTS) is 1. The Hall–Kier alpha value is -2.51. The molecule has 2 rings (SSSR count). The highest BCUT2D eigenvalue weighted by atomic mass is 16.5. The van der Waals surface area contributed by atoms with Gasteiger partial charge in [-0.05, 0) is 26.3 Å². The van der Waals surface area contributed by atoms with Crippen LogP contribution in [0.1, 0.15) is 33.3 Å². The molecule has 0 radical (unpaired) electrons. The number of carbonyl (C=O) groups is 1. The topological polar surface area (TPSA) is 114 Å². The van der Waals surface area contributed by atoms with Crippen molar-refractivity contribution in [2.24, 2.45) is 0 Å². The number of nitrogens with one attached hydrogen (secondary N) is 1. The third kappa shape index (κ3) is 2.67. The van der Waals surface area contributed by atoms with Crippen LogP contribution < -0.4 is 5.32 Å². The fourth-order valence-corrected chi connectivity index (χ4v) is 1.57. The molecule has 0 aliphatic rings. The number of aromatic carboxylic acids is 1. The van der Waals surface area contributed by atoms with E-state index in [1.807, 2.05) is 0 Å². The first-order valence-corrected chi connectivity index (χ1v) is 5.59. The zero-order chi connectivity index (χ0) is 14.0. The lowest BCUT2D eigenvalue weighted by Crippen LogP contribution is -2.13. The van der Waals surface area contributed by atoms with Crippen LogP contribution in [-0.2, 0) is 6.54 Å². The molecule has 0 amide bonds. The summed E-state index contributed by atoms with van der Waals surface area (Å²) in [4.78, 5) is 15.3. The van der Waals surface area contributed by atoms with Crippen LogP contribution in [0.3, 0.4) is 0 Å². The molecule has 8 nitrogen and oxygen atoms in total. The van der Waals surface area contributed by atoms with E-state index in [0.717, 1.165) is 0 Å². The molecule has 2 heterocycles. The van der Waals surface area contributed by atoms with Crippen LogP contribution in [0.4, 0.5) is 5.82 Å². The molecule has 0 aliphatic carbocycles. The lowest BCUT2D eigenvalue weighted by atomic mass is 10.1. The zero-order valence-corrected chi connectivity index (χ0v) is 10.8. The number of rotatable bonds is 4. The summed E-state index contributed by atoms with van der Waals surface area (Å²) in [5.74, 6) is 0.00135. The van der Waals surface area contributed by atoms with Gasteiger partial charge in [-0.25, -0.2) is 4.79 Å². The monoisotopic (exact) mass is 263 g/mol. The lowest BCUT2D eigenvalue weighted by Gasteiger charge is -2.09. The van der Waals surface area contributed by atoms with E-state index >= 15 is 0 Å². The van der Waals surface area contributed by atoms with Crippen LogP contribution in [0.15, 0.2) is 4.52 Å². The predicted molar refractivity (Wildman–Crippen MR) is 64.8 cm³/mol. The SMILES string of the molecule is Cc1noc(CNc2nnc(C)c(C)c2C(=O)O)n1. The molecule has 2 N–H and O–H groups in total. The summed E-state index contributed by atoms with van der Waals surface area (Å²) in [6.07, 6.45) is 0. The molecule has 8 heteroatoms. The first kappa shape index (κ1) is 12.9. The van der Waals surface area contributed by atoms with Gasteiger partial charge in [0.25, 0.3) is 0 Å². The van der Waals surface area contributed by atoms with E-state index in [2.05, 4.69) is 25.7 Å². The molecular formula is C11H13N5O3. The van der Waals surface area contributed by atoms with E-state index in [-0.39, 0.29) is 17.9 Å². The molecule has 2 aromatic rings. The molecule has 0 bridgehead atoms. The maximum Gasteiger partial charge on any atom is 0.339 e. The molecule has 0 unspecified atom stereocenters. The highest BCUT2D eigenvalue weighted by Gasteiger charge is 2.18. The van der Waals surface area contributed by atoms with E-state index in [9.17, 15) is 9.90 Å². The van der Waals surface area contributed by atoms with Gasteiger partial charge in [0.1, 0.15) is 5.56 Å². The van der Waals surface area contributed by atoms with Crippen molar-refractivity contribution in [1.82, 2.24) is 20.3 Å². The van der Waals surface area contributed by atoms with Crippen molar-refractivity contribution in [3.05, 3.63) is 28.5 Å². The van der Waals surface area contributed by atoms with E-state index in [1.165, 1.54) is 0 Å². The molecule has 0 fully saturated rings. The summed E-state index contributed by atoms with van der Waals surface area (Å²) in [6.45, 7) is 5.29. The summed E-state index contributed by atoms with van der Waals surface area (Å²) >= 11 is 0. The molecular weight excluding hydrogens is 250 g/mol. The van der Waals surface area contributed by atoms with Crippen LogP contribution in [0.25, 0.3) is 0 Å². The highest BCUT2D eigenvalue weighted by Crippen LogP contribution is 2.18. The number of aryl methyl sites for hydroxylation is 2. The Morgan fingerprint density at radius 1 is 1.32 bits per heavy atom. The molecule has 0 saturated heterocycles. The van der Waals surface area contributed by atoms with Crippen molar-refractivity contribution >= 4 is 11.8 Å². The van der Waals surface area contributed by atoms with Gasteiger partial charge in [-0.2, -0.15) is 10.1 Å². The maximum atomic E-state index is 11.3. The molecule has 0 aliphatic heterocycles. The number of aromatic nitrogens is 4. The number of carboxylic acids is 1. The third-order valence-corrected chi connectivity index (χ3v) is 2.65. The van der Waals surface area contributed by atoms with E-state index in [4.69, 9.17) is 4.52 Å². The summed E-state index contributed by atoms with van der Waals surface area (Å²) < 4.78 is 4.92. The van der Waals surface area contributed by atoms with Gasteiger partial charge in [0.05, 0.1) is 12.2 Å². The number of hydrogen-bond donors (Lipinski definition) is 2. The smallest absolute Gasteiger partial charge is 0.339 e. The Bertz CT molecular complexity index is 623. The minimum Gasteiger partial charge on any atom is -0.478 e. The van der Waals surface area contributed by atoms with Crippen molar-refractivity contribution in [3.8, 4) is 0 Å². The van der Waals surface area contributed by atoms with Gasteiger partial charge < -0.3 is 14.9 Å². The van der Waals surface area contributed by atoms with Crippen molar-refractivity contribution in [1.29, 1.82) is 0 Å². The molecule has 0 spiro atoms. The van der Waals surface area contributed by atoms with Gasteiger partial charge in [0.15, 0.2) is 11.6 Å². The summed E-state index contributed by atoms with van der Waals surface area (Å²) in [5.41, 5.74) is 1.26. The summed E-state index contributed by atoms with van der Waals surface area (Å²) in [7, 11) is 0. The third-order valence-electron chi connectivity index (χ3n) is 2.65. The van der Waals surface area contributed by atoms with Crippen LogP contribution in [0, 0.1) is 20.8 Å². The van der Waals surface area contributed by atoms with E-state index < -0.39 is 5.97 Å². The second-order valence-electron chi connectivity index (χ2n) is 4.03. The molecule has 0 aromatic carbocycles. The van der Waals surface area contributed by atoms with Crippen molar-refractivity contribution < 1.29 is 14.4 Å². The average molecular weight is 263 g/mol. The molecule has 100 valence electrons. The number of hydrogen-bond acceptors (Lipinski definition) is 7. The molecule has 2 aromatic heterocycles. The maximum absolute atomic E-state index is 11.3. The predicted octanol–water partition coefficient (Wildman–Crippen LogP) is 1.10. The Balaban J connectivity index is 2.25. The Morgan fingerprint density at radius 3 is 2.63 bits per heavy atom. The number of anilines is 1. The molecule has 19 heavy (non-hydrogen) atoms. The van der Waals surface area contributed by atoms with Gasteiger partial charge >= 0.3 is 5.97 Å². The minimum absolute atomic E-state index is 0.101. The standard InChI is InChI=1S/C11H13N5O3/c1-5-6(2)14-15-10(9(5)11(17)18)12-4-8-13-7(3)16-19-8/h4H2,1-3H3,(H,12,15)(H,17,18). The van der Waals surface area contributed by atoms with Crippen LogP contribution in [-0.4, -0.2) is 31.4 Å². The fourth-order valence-electron chi connectivity index (χ4n) is 1.57. The number of nitrogens with zero attached hydrogens (tertiary/aromatic N) is 4. The highest BCUT2D eigenvalue weighted by molar-refractivity contribution is 5.94. The summed E-state index contributed by atoms with van der Waals surface area (Å²) in [6, 6.07) is 0. The van der Waals surface area contributed by atoms with E-state index in [1.54, 1.807) is 20.8 Å². The second kappa shape index (κ2) is 5.01. The molecule has 0 saturated carbocycles. The average Bonchev–Trinajstić information content (AvgIpc) is 2.76. The quantitative estimate of drug-likeness (QED) is 0.842. The zero-order valence-electron chi connectivity index (χ0n) is 10.8. The van der Waals surface area contributed by atoms with Gasteiger partial charge in [-0.1, -0.05) is 5.16 Å². The first-order valence-electron chi connectivity index (χ1n) is 5.59. The Labute approximate surface area is 108 Å². The van der Waals surface area contributed by atoms with Crippen molar-refractivity contribution in [2.75, 3.05) is 5.32 Å². The normalized spacial score (nSPS) is 10.5. The van der Waals surface area contributed by atoms with Crippen molar-refractivity contribution in [3.63, 3.8) is 0 Å². The first-order chi connectivity index (χ1) is 8.99. The van der Waals surface area contributed by atoms with Gasteiger partial charge in [-0.15, -0.1) is 5.10 Å². The minimum atomic E-state index is -1.06. The van der Waals surface area contributed by atoms with Crippen LogP contribution >= 0.6 is 0 Å². The summed E-state index contributed by atoms with van der Waals surface area (Å²) in [5, 5.41) is 23.4. The Kier molecular flexibility index (Phi) is 3.41. The largest absolute Gasteiger partial charge is 0.478 e. The molecule has 0 atom stereocenters. The van der Waals surface area contributed by atoms with Crippen LogP contribution in [0.2, 0.25) is 0 Å². The lowest BCUT2D eigenvalue weighted by molar-refractivity contribution is 0.0696. The van der Waals surface area contributed by atoms with Crippen LogP contribution in [0.5, 0.6) is 0 Å². The Morgan fingerprint density at radius 2 is 2.05 bits per heavy atom. The van der Waals surface area contributed by atoms with Crippen molar-refractivity contribution in [2.45, 2.75) is 27.3 Å². The second-order valence-corrected chi connectivity index (χ2v) is 4.03. The van der Waals surface area contributed by atoms with E-state index in [0.29, 0.717) is 23.0 Å². The van der Waals surface area contributed by atoms with Gasteiger partial charge in [0.2, 0.25) is 5.89 Å². The van der Waals surface area contributed by atoms with Gasteiger partial charge in [-0.3, -0.25) is 0 Å². The fraction of sp³-hybridized carbons (Fsp3) is 0.364. The van der Waals surface area contributed by atoms with Gasteiger partial charge in [0, 0.05) is 0 Å².